The molecule has 1 N–H and O–H groups in total. The Morgan fingerprint density at radius 1 is 1.11 bits per heavy atom. The lowest BCUT2D eigenvalue weighted by Gasteiger charge is -2.36. The highest BCUT2D eigenvalue weighted by Crippen LogP contribution is 2.32. The molecule has 0 bridgehead atoms. The number of hydrogen-bond donors (Lipinski definition) is 1. The average Bonchev–Trinajstić information content (AvgIpc) is 3.36. The highest BCUT2D eigenvalue weighted by Gasteiger charge is 2.30. The minimum Gasteiger partial charge on any atom is -0.454 e. The molecule has 2 aliphatic heterocycles. The van der Waals surface area contributed by atoms with Crippen LogP contribution in [0.25, 0.3) is 0 Å². The Bertz CT molecular complexity index is 888. The van der Waals surface area contributed by atoms with Crippen LogP contribution in [-0.2, 0) is 11.8 Å². The van der Waals surface area contributed by atoms with Crippen molar-refractivity contribution in [1.82, 2.24) is 24.9 Å². The molecule has 4 rings (SSSR count). The van der Waals surface area contributed by atoms with Gasteiger partial charge in [-0.15, -0.1) is 0 Å². The second-order valence-corrected chi connectivity index (χ2v) is 6.85. The van der Waals surface area contributed by atoms with Crippen molar-refractivity contribution in [3.63, 3.8) is 0 Å². The molecule has 1 atom stereocenters. The summed E-state index contributed by atoms with van der Waals surface area (Å²) < 4.78 is 12.3. The number of benzene rings is 1. The minimum absolute atomic E-state index is 0.00863. The Balaban J connectivity index is 1.38. The number of carbonyl (C=O) groups excluding carboxylic acids is 2. The molecular formula is C19H23N5O4. The summed E-state index contributed by atoms with van der Waals surface area (Å²) in [5.41, 5.74) is 1.39. The molecule has 148 valence electrons. The number of fused-ring (bicyclic) bond motifs is 1. The summed E-state index contributed by atoms with van der Waals surface area (Å²) in [4.78, 5) is 29.3. The summed E-state index contributed by atoms with van der Waals surface area (Å²) in [6, 6.07) is 4.76. The van der Waals surface area contributed by atoms with E-state index >= 15 is 0 Å². The van der Waals surface area contributed by atoms with E-state index in [0.717, 1.165) is 5.56 Å². The lowest BCUT2D eigenvalue weighted by molar-refractivity contribution is -0.135. The van der Waals surface area contributed by atoms with E-state index < -0.39 is 6.04 Å². The molecule has 9 nitrogen and oxygen atoms in total. The predicted octanol–water partition coefficient (Wildman–Crippen LogP) is 0.394. The molecule has 9 heteroatoms. The summed E-state index contributed by atoms with van der Waals surface area (Å²) in [6.07, 6.45) is 3.52. The Kier molecular flexibility index (Phi) is 4.91. The SMILES string of the molecule is CNC(C(=O)N1CCN(C(=O)c2ccc3c(c2)OCO3)CC1)c1cnn(C)c1. The van der Waals surface area contributed by atoms with Gasteiger partial charge in [0.1, 0.15) is 6.04 Å². The van der Waals surface area contributed by atoms with Crippen LogP contribution in [0, 0.1) is 0 Å². The van der Waals surface area contributed by atoms with E-state index in [2.05, 4.69) is 10.4 Å². The molecule has 2 amide bonds. The van der Waals surface area contributed by atoms with Crippen molar-refractivity contribution in [2.24, 2.45) is 7.05 Å². The summed E-state index contributed by atoms with van der Waals surface area (Å²) in [5, 5.41) is 7.20. The lowest BCUT2D eigenvalue weighted by Crippen LogP contribution is -2.52. The Morgan fingerprint density at radius 3 is 2.50 bits per heavy atom. The van der Waals surface area contributed by atoms with Gasteiger partial charge in [-0.1, -0.05) is 0 Å². The van der Waals surface area contributed by atoms with E-state index in [4.69, 9.17) is 9.47 Å². The number of aromatic nitrogens is 2. The zero-order valence-corrected chi connectivity index (χ0v) is 15.9. The van der Waals surface area contributed by atoms with Crippen LogP contribution in [0.3, 0.4) is 0 Å². The standard InChI is InChI=1S/C19H23N5O4/c1-20-17(14-10-21-22(2)11-14)19(26)24-7-5-23(6-8-24)18(25)13-3-4-15-16(9-13)28-12-27-15/h3-4,9-11,17,20H,5-8,12H2,1-2H3. The second-order valence-electron chi connectivity index (χ2n) is 6.85. The molecular weight excluding hydrogens is 362 g/mol. The zero-order valence-electron chi connectivity index (χ0n) is 15.9. The first-order valence-electron chi connectivity index (χ1n) is 9.20. The number of rotatable bonds is 4. The van der Waals surface area contributed by atoms with Crippen LogP contribution in [0.4, 0.5) is 0 Å². The van der Waals surface area contributed by atoms with Gasteiger partial charge in [-0.3, -0.25) is 14.3 Å². The Morgan fingerprint density at radius 2 is 1.82 bits per heavy atom. The van der Waals surface area contributed by atoms with Gasteiger partial charge in [0.05, 0.1) is 6.20 Å². The van der Waals surface area contributed by atoms with Gasteiger partial charge in [0, 0.05) is 50.6 Å². The first-order chi connectivity index (χ1) is 13.6. The van der Waals surface area contributed by atoms with Crippen LogP contribution in [0.5, 0.6) is 11.5 Å². The van der Waals surface area contributed by atoms with Crippen molar-refractivity contribution in [1.29, 1.82) is 0 Å². The van der Waals surface area contributed by atoms with Crippen LogP contribution >= 0.6 is 0 Å². The third-order valence-corrected chi connectivity index (χ3v) is 5.09. The maximum atomic E-state index is 12.9. The van der Waals surface area contributed by atoms with E-state index in [9.17, 15) is 9.59 Å². The monoisotopic (exact) mass is 385 g/mol. The van der Waals surface area contributed by atoms with Gasteiger partial charge < -0.3 is 24.6 Å². The quantitative estimate of drug-likeness (QED) is 0.819. The van der Waals surface area contributed by atoms with Gasteiger partial charge in [-0.2, -0.15) is 5.10 Å². The predicted molar refractivity (Wildman–Crippen MR) is 100 cm³/mol. The van der Waals surface area contributed by atoms with E-state index in [1.54, 1.807) is 45.9 Å². The molecule has 1 fully saturated rings. The fourth-order valence-electron chi connectivity index (χ4n) is 3.55. The highest BCUT2D eigenvalue weighted by molar-refractivity contribution is 5.95. The summed E-state index contributed by atoms with van der Waals surface area (Å²) in [6.45, 7) is 2.14. The fraction of sp³-hybridized carbons (Fsp3) is 0.421. The topological polar surface area (TPSA) is 88.9 Å². The summed E-state index contributed by atoms with van der Waals surface area (Å²) in [7, 11) is 3.58. The summed E-state index contributed by atoms with van der Waals surface area (Å²) >= 11 is 0. The molecule has 0 radical (unpaired) electrons. The van der Waals surface area contributed by atoms with Gasteiger partial charge in [-0.05, 0) is 25.2 Å². The largest absolute Gasteiger partial charge is 0.454 e. The molecule has 1 aromatic heterocycles. The molecule has 0 spiro atoms. The van der Waals surface area contributed by atoms with Crippen molar-refractivity contribution in [2.75, 3.05) is 40.0 Å². The molecule has 1 unspecified atom stereocenters. The highest BCUT2D eigenvalue weighted by atomic mass is 16.7. The number of aryl methyl sites for hydroxylation is 1. The van der Waals surface area contributed by atoms with E-state index in [1.165, 1.54) is 0 Å². The first kappa shape index (κ1) is 18.3. The van der Waals surface area contributed by atoms with Crippen molar-refractivity contribution >= 4 is 11.8 Å². The third-order valence-electron chi connectivity index (χ3n) is 5.09. The van der Waals surface area contributed by atoms with E-state index in [-0.39, 0.29) is 18.6 Å². The number of piperazine rings is 1. The van der Waals surface area contributed by atoms with Crippen molar-refractivity contribution in [3.05, 3.63) is 41.7 Å². The van der Waals surface area contributed by atoms with Gasteiger partial charge in [0.2, 0.25) is 12.7 Å². The molecule has 0 saturated carbocycles. The van der Waals surface area contributed by atoms with Crippen molar-refractivity contribution < 1.29 is 19.1 Å². The lowest BCUT2D eigenvalue weighted by atomic mass is 10.1. The Labute approximate surface area is 162 Å². The summed E-state index contributed by atoms with van der Waals surface area (Å²) in [5.74, 6) is 1.17. The van der Waals surface area contributed by atoms with Crippen LogP contribution in [0.15, 0.2) is 30.6 Å². The van der Waals surface area contributed by atoms with Gasteiger partial charge in [0.15, 0.2) is 11.5 Å². The Hall–Kier alpha value is -3.07. The van der Waals surface area contributed by atoms with Crippen LogP contribution in [0.1, 0.15) is 22.0 Å². The van der Waals surface area contributed by atoms with Gasteiger partial charge in [0.25, 0.3) is 5.91 Å². The molecule has 0 aliphatic carbocycles. The fourth-order valence-corrected chi connectivity index (χ4v) is 3.55. The van der Waals surface area contributed by atoms with Gasteiger partial charge >= 0.3 is 0 Å². The average molecular weight is 385 g/mol. The van der Waals surface area contributed by atoms with Crippen LogP contribution < -0.4 is 14.8 Å². The van der Waals surface area contributed by atoms with Crippen LogP contribution in [0.2, 0.25) is 0 Å². The molecule has 3 heterocycles. The van der Waals surface area contributed by atoms with Crippen LogP contribution in [-0.4, -0.2) is 71.4 Å². The number of amides is 2. The number of ether oxygens (including phenoxy) is 2. The number of hydrogen-bond acceptors (Lipinski definition) is 6. The molecule has 28 heavy (non-hydrogen) atoms. The van der Waals surface area contributed by atoms with Gasteiger partial charge in [-0.25, -0.2) is 0 Å². The second kappa shape index (κ2) is 7.51. The number of nitrogens with zero attached hydrogens (tertiary/aromatic N) is 4. The third kappa shape index (κ3) is 3.40. The van der Waals surface area contributed by atoms with Crippen molar-refractivity contribution in [3.8, 4) is 11.5 Å². The number of carbonyl (C=O) groups is 2. The molecule has 1 aromatic carbocycles. The van der Waals surface area contributed by atoms with Crippen molar-refractivity contribution in [2.45, 2.75) is 6.04 Å². The first-order valence-corrected chi connectivity index (χ1v) is 9.20. The van der Waals surface area contributed by atoms with E-state index in [1.807, 2.05) is 13.2 Å². The smallest absolute Gasteiger partial charge is 0.254 e. The number of likely N-dealkylation sites (N-methyl/N-ethyl adjacent to an activating group) is 1. The molecule has 2 aliphatic rings. The minimum atomic E-state index is -0.440. The normalized spacial score (nSPS) is 16.9. The number of nitrogens with one attached hydrogen (secondary N) is 1. The maximum Gasteiger partial charge on any atom is 0.254 e. The zero-order chi connectivity index (χ0) is 19.7. The van der Waals surface area contributed by atoms with E-state index in [0.29, 0.717) is 43.2 Å². The molecule has 1 saturated heterocycles. The molecule has 2 aromatic rings. The maximum absolute atomic E-state index is 12.9.